The second kappa shape index (κ2) is 6.03. The summed E-state index contributed by atoms with van der Waals surface area (Å²) < 4.78 is 0. The summed E-state index contributed by atoms with van der Waals surface area (Å²) in [6, 6.07) is 4.03. The Morgan fingerprint density at radius 1 is 1.42 bits per heavy atom. The number of hydrogen-bond donors (Lipinski definition) is 2. The third-order valence-corrected chi connectivity index (χ3v) is 4.15. The molecule has 0 bridgehead atoms. The molecule has 0 spiro atoms. The van der Waals surface area contributed by atoms with Crippen molar-refractivity contribution in [2.75, 3.05) is 18.5 Å². The minimum atomic E-state index is -0.0452. The van der Waals surface area contributed by atoms with Crippen molar-refractivity contribution < 1.29 is 5.11 Å². The maximum atomic E-state index is 9.68. The fraction of sp³-hybridized carbons (Fsp3) is 0.600. The van der Waals surface area contributed by atoms with E-state index in [0.29, 0.717) is 17.9 Å². The van der Waals surface area contributed by atoms with E-state index in [4.69, 9.17) is 0 Å². The molecule has 102 valence electrons. The summed E-state index contributed by atoms with van der Waals surface area (Å²) in [6.07, 6.45) is 7.41. The fourth-order valence-corrected chi connectivity index (χ4v) is 2.80. The molecule has 19 heavy (non-hydrogen) atoms. The van der Waals surface area contributed by atoms with Crippen molar-refractivity contribution in [1.82, 2.24) is 4.98 Å². The van der Waals surface area contributed by atoms with E-state index >= 15 is 0 Å². The molecule has 0 saturated heterocycles. The van der Waals surface area contributed by atoms with Gasteiger partial charge in [-0.1, -0.05) is 19.3 Å². The van der Waals surface area contributed by atoms with Crippen LogP contribution in [0.5, 0.6) is 0 Å². The lowest BCUT2D eigenvalue weighted by atomic mass is 9.74. The van der Waals surface area contributed by atoms with Crippen molar-refractivity contribution in [2.45, 2.75) is 39.0 Å². The number of pyridine rings is 1. The van der Waals surface area contributed by atoms with E-state index in [9.17, 15) is 10.4 Å². The SMILES string of the molecule is Cc1ccnc(NCC2(CO)CCCCC2)c1C#N. The summed E-state index contributed by atoms with van der Waals surface area (Å²) in [4.78, 5) is 4.24. The van der Waals surface area contributed by atoms with Gasteiger partial charge in [-0.05, 0) is 31.4 Å². The van der Waals surface area contributed by atoms with Crippen molar-refractivity contribution in [3.63, 3.8) is 0 Å². The predicted molar refractivity (Wildman–Crippen MR) is 74.8 cm³/mol. The zero-order valence-electron chi connectivity index (χ0n) is 11.4. The maximum Gasteiger partial charge on any atom is 0.144 e. The highest BCUT2D eigenvalue weighted by Gasteiger charge is 2.31. The summed E-state index contributed by atoms with van der Waals surface area (Å²) >= 11 is 0. The summed E-state index contributed by atoms with van der Waals surface area (Å²) in [5.74, 6) is 0.640. The van der Waals surface area contributed by atoms with Crippen LogP contribution in [-0.4, -0.2) is 23.2 Å². The molecule has 1 saturated carbocycles. The van der Waals surface area contributed by atoms with Crippen LogP contribution in [-0.2, 0) is 0 Å². The third-order valence-electron chi connectivity index (χ3n) is 4.15. The van der Waals surface area contributed by atoms with Gasteiger partial charge in [-0.25, -0.2) is 4.98 Å². The van der Waals surface area contributed by atoms with Gasteiger partial charge in [0.1, 0.15) is 11.9 Å². The number of aromatic nitrogens is 1. The quantitative estimate of drug-likeness (QED) is 0.872. The second-order valence-corrected chi connectivity index (χ2v) is 5.54. The summed E-state index contributed by atoms with van der Waals surface area (Å²) in [5, 5.41) is 22.1. The number of nitrogens with one attached hydrogen (secondary N) is 1. The standard InChI is InChI=1S/C15H21N3O/c1-12-5-8-17-14(13(12)9-16)18-10-15(11-19)6-3-2-4-7-15/h5,8,19H,2-4,6-7,10-11H2,1H3,(H,17,18). The minimum absolute atomic E-state index is 0.0452. The number of hydrogen-bond acceptors (Lipinski definition) is 4. The van der Waals surface area contributed by atoms with E-state index in [1.807, 2.05) is 13.0 Å². The molecule has 0 aromatic carbocycles. The van der Waals surface area contributed by atoms with Gasteiger partial charge < -0.3 is 10.4 Å². The van der Waals surface area contributed by atoms with Crippen LogP contribution in [0, 0.1) is 23.7 Å². The molecule has 4 nitrogen and oxygen atoms in total. The third kappa shape index (κ3) is 3.05. The van der Waals surface area contributed by atoms with Crippen LogP contribution in [0.3, 0.4) is 0 Å². The molecular formula is C15H21N3O. The average Bonchev–Trinajstić information content (AvgIpc) is 2.46. The molecule has 2 N–H and O–H groups in total. The van der Waals surface area contributed by atoms with Gasteiger partial charge in [0.2, 0.25) is 0 Å². The molecule has 1 aromatic heterocycles. The largest absolute Gasteiger partial charge is 0.396 e. The molecule has 0 radical (unpaired) electrons. The van der Waals surface area contributed by atoms with E-state index in [1.54, 1.807) is 6.20 Å². The zero-order chi connectivity index (χ0) is 13.7. The van der Waals surface area contributed by atoms with Gasteiger partial charge in [0, 0.05) is 18.2 Å². The smallest absolute Gasteiger partial charge is 0.144 e. The van der Waals surface area contributed by atoms with E-state index in [-0.39, 0.29) is 12.0 Å². The Hall–Kier alpha value is -1.60. The molecule has 1 fully saturated rings. The topological polar surface area (TPSA) is 68.9 Å². The van der Waals surface area contributed by atoms with Crippen LogP contribution in [0.4, 0.5) is 5.82 Å². The van der Waals surface area contributed by atoms with Crippen molar-refractivity contribution in [3.8, 4) is 6.07 Å². The Kier molecular flexibility index (Phi) is 4.39. The first-order chi connectivity index (χ1) is 9.21. The second-order valence-electron chi connectivity index (χ2n) is 5.54. The van der Waals surface area contributed by atoms with Gasteiger partial charge in [-0.2, -0.15) is 5.26 Å². The van der Waals surface area contributed by atoms with Crippen molar-refractivity contribution in [2.24, 2.45) is 5.41 Å². The highest BCUT2D eigenvalue weighted by molar-refractivity contribution is 5.55. The normalized spacial score (nSPS) is 17.7. The lowest BCUT2D eigenvalue weighted by Gasteiger charge is -2.35. The van der Waals surface area contributed by atoms with Gasteiger partial charge in [0.25, 0.3) is 0 Å². The number of nitriles is 1. The highest BCUT2D eigenvalue weighted by Crippen LogP contribution is 2.36. The lowest BCUT2D eigenvalue weighted by Crippen LogP contribution is -2.35. The number of aryl methyl sites for hydroxylation is 1. The van der Waals surface area contributed by atoms with Crippen molar-refractivity contribution in [1.29, 1.82) is 5.26 Å². The molecule has 1 aromatic rings. The van der Waals surface area contributed by atoms with Gasteiger partial charge in [0.05, 0.1) is 12.2 Å². The van der Waals surface area contributed by atoms with Crippen LogP contribution >= 0.6 is 0 Å². The Balaban J connectivity index is 2.10. The van der Waals surface area contributed by atoms with Gasteiger partial charge in [0.15, 0.2) is 0 Å². The first kappa shape index (κ1) is 13.8. The summed E-state index contributed by atoms with van der Waals surface area (Å²) in [7, 11) is 0. The van der Waals surface area contributed by atoms with Gasteiger partial charge in [-0.15, -0.1) is 0 Å². The van der Waals surface area contributed by atoms with Crippen LogP contribution in [0.25, 0.3) is 0 Å². The van der Waals surface area contributed by atoms with Crippen LogP contribution in [0.15, 0.2) is 12.3 Å². The molecule has 1 aliphatic rings. The van der Waals surface area contributed by atoms with Crippen molar-refractivity contribution in [3.05, 3.63) is 23.4 Å². The molecule has 0 aliphatic heterocycles. The number of rotatable bonds is 4. The molecule has 0 unspecified atom stereocenters. The Morgan fingerprint density at radius 3 is 2.79 bits per heavy atom. The molecule has 1 aliphatic carbocycles. The molecule has 1 heterocycles. The highest BCUT2D eigenvalue weighted by atomic mass is 16.3. The van der Waals surface area contributed by atoms with E-state index in [2.05, 4.69) is 16.4 Å². The first-order valence-electron chi connectivity index (χ1n) is 6.91. The summed E-state index contributed by atoms with van der Waals surface area (Å²) in [5.41, 5.74) is 1.49. The van der Waals surface area contributed by atoms with Crippen LogP contribution in [0.2, 0.25) is 0 Å². The first-order valence-corrected chi connectivity index (χ1v) is 6.91. The minimum Gasteiger partial charge on any atom is -0.396 e. The van der Waals surface area contributed by atoms with E-state index in [0.717, 1.165) is 18.4 Å². The number of nitrogens with zero attached hydrogens (tertiary/aromatic N) is 2. The van der Waals surface area contributed by atoms with E-state index in [1.165, 1.54) is 19.3 Å². The Morgan fingerprint density at radius 2 is 2.16 bits per heavy atom. The molecule has 0 atom stereocenters. The van der Waals surface area contributed by atoms with E-state index < -0.39 is 0 Å². The van der Waals surface area contributed by atoms with Crippen LogP contribution < -0.4 is 5.32 Å². The van der Waals surface area contributed by atoms with Gasteiger partial charge in [-0.3, -0.25) is 0 Å². The van der Waals surface area contributed by atoms with Crippen molar-refractivity contribution >= 4 is 5.82 Å². The lowest BCUT2D eigenvalue weighted by molar-refractivity contribution is 0.0943. The predicted octanol–water partition coefficient (Wildman–Crippen LogP) is 2.62. The Bertz CT molecular complexity index is 473. The number of aliphatic hydroxyl groups is 1. The molecule has 0 amide bonds. The van der Waals surface area contributed by atoms with Crippen LogP contribution in [0.1, 0.15) is 43.2 Å². The van der Waals surface area contributed by atoms with Gasteiger partial charge >= 0.3 is 0 Å². The molecule has 4 heteroatoms. The maximum absolute atomic E-state index is 9.68. The summed E-state index contributed by atoms with van der Waals surface area (Å²) in [6.45, 7) is 2.80. The average molecular weight is 259 g/mol. The fourth-order valence-electron chi connectivity index (χ4n) is 2.80. The molecule has 2 rings (SSSR count). The monoisotopic (exact) mass is 259 g/mol. The number of anilines is 1. The number of aliphatic hydroxyl groups excluding tert-OH is 1. The molecular weight excluding hydrogens is 238 g/mol. The zero-order valence-corrected chi connectivity index (χ0v) is 11.4. The Labute approximate surface area is 114 Å².